The van der Waals surface area contributed by atoms with E-state index in [2.05, 4.69) is 0 Å². The molecule has 0 spiro atoms. The highest BCUT2D eigenvalue weighted by Gasteiger charge is 2.20. The molecule has 2 aromatic carbocycles. The van der Waals surface area contributed by atoms with Crippen LogP contribution in [0.5, 0.6) is 5.75 Å². The number of rotatable bonds is 7. The summed E-state index contributed by atoms with van der Waals surface area (Å²) in [6.07, 6.45) is 0. The van der Waals surface area contributed by atoms with Crippen molar-refractivity contribution in [2.45, 2.75) is 11.4 Å². The number of nitrogens with zero attached hydrogens (tertiary/aromatic N) is 1. The Bertz CT molecular complexity index is 993. The second-order valence-electron chi connectivity index (χ2n) is 5.82. The summed E-state index contributed by atoms with van der Waals surface area (Å²) >= 11 is 0. The first kappa shape index (κ1) is 21.3. The summed E-state index contributed by atoms with van der Waals surface area (Å²) in [5.41, 5.74) is 0.116. The highest BCUT2D eigenvalue weighted by Crippen LogP contribution is 2.19. The fourth-order valence-electron chi connectivity index (χ4n) is 2.33. The fourth-order valence-corrected chi connectivity index (χ4v) is 2.87. The topological polar surface area (TPSA) is 116 Å². The predicted octanol–water partition coefficient (Wildman–Crippen LogP) is 1.30. The summed E-state index contributed by atoms with van der Waals surface area (Å²) in [7, 11) is -1.11. The van der Waals surface area contributed by atoms with Gasteiger partial charge in [-0.15, -0.1) is 0 Å². The molecule has 0 saturated carbocycles. The number of likely N-dealkylation sites (N-methyl/N-ethyl adjacent to an activating group) is 1. The van der Waals surface area contributed by atoms with Crippen LogP contribution in [0.25, 0.3) is 0 Å². The number of halogens is 1. The lowest BCUT2D eigenvalue weighted by atomic mass is 10.2. The van der Waals surface area contributed by atoms with Crippen LogP contribution in [-0.4, -0.2) is 46.0 Å². The van der Waals surface area contributed by atoms with Gasteiger partial charge in [0.05, 0.1) is 17.6 Å². The molecular formula is C18H19FN2O6S. The number of ether oxygens (including phenoxy) is 2. The third kappa shape index (κ3) is 5.27. The summed E-state index contributed by atoms with van der Waals surface area (Å²) in [5, 5.41) is 4.96. The maximum absolute atomic E-state index is 13.8. The summed E-state index contributed by atoms with van der Waals surface area (Å²) in [6.45, 7) is -0.445. The van der Waals surface area contributed by atoms with Crippen molar-refractivity contribution in [3.8, 4) is 5.75 Å². The van der Waals surface area contributed by atoms with Crippen molar-refractivity contribution in [2.75, 3.05) is 20.8 Å². The number of sulfonamides is 1. The van der Waals surface area contributed by atoms with Gasteiger partial charge in [0.15, 0.2) is 6.61 Å². The number of nitrogens with two attached hydrogens (primary N) is 1. The normalized spacial score (nSPS) is 11.0. The number of primary sulfonamides is 1. The molecule has 2 rings (SSSR count). The van der Waals surface area contributed by atoms with E-state index in [1.807, 2.05) is 0 Å². The SMILES string of the molecule is COc1ccccc1CN(C)C(=O)COC(=O)c1cc(S(N)(=O)=O)ccc1F. The van der Waals surface area contributed by atoms with Crippen LogP contribution in [0.1, 0.15) is 15.9 Å². The van der Waals surface area contributed by atoms with Crippen LogP contribution < -0.4 is 9.88 Å². The van der Waals surface area contributed by atoms with Crippen molar-refractivity contribution in [1.29, 1.82) is 0 Å². The van der Waals surface area contributed by atoms with Gasteiger partial charge in [-0.05, 0) is 24.3 Å². The molecule has 150 valence electrons. The first-order chi connectivity index (χ1) is 13.1. The Morgan fingerprint density at radius 1 is 1.18 bits per heavy atom. The third-order valence-corrected chi connectivity index (χ3v) is 4.75. The number of hydrogen-bond acceptors (Lipinski definition) is 6. The number of methoxy groups -OCH3 is 1. The highest BCUT2D eigenvalue weighted by molar-refractivity contribution is 7.89. The van der Waals surface area contributed by atoms with Gasteiger partial charge in [-0.3, -0.25) is 4.79 Å². The van der Waals surface area contributed by atoms with Gasteiger partial charge in [-0.1, -0.05) is 18.2 Å². The average Bonchev–Trinajstić information content (AvgIpc) is 2.65. The van der Waals surface area contributed by atoms with Gasteiger partial charge >= 0.3 is 5.97 Å². The second kappa shape index (κ2) is 8.81. The Morgan fingerprint density at radius 3 is 2.50 bits per heavy atom. The number of para-hydroxylation sites is 1. The van der Waals surface area contributed by atoms with Gasteiger partial charge in [0, 0.05) is 19.2 Å². The zero-order chi connectivity index (χ0) is 20.9. The van der Waals surface area contributed by atoms with Crippen molar-refractivity contribution in [2.24, 2.45) is 5.14 Å². The number of benzene rings is 2. The summed E-state index contributed by atoms with van der Waals surface area (Å²) in [6, 6.07) is 9.57. The summed E-state index contributed by atoms with van der Waals surface area (Å²) in [5.74, 6) is -2.11. The average molecular weight is 410 g/mol. The van der Waals surface area contributed by atoms with E-state index in [9.17, 15) is 22.4 Å². The van der Waals surface area contributed by atoms with E-state index in [1.54, 1.807) is 24.3 Å². The number of carbonyl (C=O) groups is 2. The second-order valence-corrected chi connectivity index (χ2v) is 7.39. The molecule has 0 aliphatic heterocycles. The lowest BCUT2D eigenvalue weighted by molar-refractivity contribution is -0.133. The Labute approximate surface area is 161 Å². The van der Waals surface area contributed by atoms with Crippen LogP contribution in [0.4, 0.5) is 4.39 Å². The molecule has 0 aliphatic rings. The predicted molar refractivity (Wildman–Crippen MR) is 97.5 cm³/mol. The van der Waals surface area contributed by atoms with Crippen LogP contribution >= 0.6 is 0 Å². The molecule has 0 aliphatic carbocycles. The van der Waals surface area contributed by atoms with Crippen LogP contribution in [0.15, 0.2) is 47.4 Å². The van der Waals surface area contributed by atoms with Crippen molar-refractivity contribution >= 4 is 21.9 Å². The molecular weight excluding hydrogens is 391 g/mol. The van der Waals surface area contributed by atoms with Gasteiger partial charge in [-0.25, -0.2) is 22.7 Å². The molecule has 0 heterocycles. The van der Waals surface area contributed by atoms with E-state index in [0.717, 1.165) is 23.8 Å². The van der Waals surface area contributed by atoms with Crippen molar-refractivity contribution in [3.63, 3.8) is 0 Å². The van der Waals surface area contributed by atoms with Crippen LogP contribution in [0.3, 0.4) is 0 Å². The summed E-state index contributed by atoms with van der Waals surface area (Å²) < 4.78 is 46.5. The molecule has 0 aromatic heterocycles. The Balaban J connectivity index is 2.03. The zero-order valence-corrected chi connectivity index (χ0v) is 16.0. The molecule has 28 heavy (non-hydrogen) atoms. The summed E-state index contributed by atoms with van der Waals surface area (Å²) in [4.78, 5) is 25.1. The molecule has 0 bridgehead atoms. The maximum atomic E-state index is 13.8. The van der Waals surface area contributed by atoms with Crippen molar-refractivity contribution in [3.05, 3.63) is 59.4 Å². The third-order valence-electron chi connectivity index (χ3n) is 3.84. The minimum absolute atomic E-state index is 0.204. The molecule has 0 radical (unpaired) electrons. The number of hydrogen-bond donors (Lipinski definition) is 1. The number of esters is 1. The fraction of sp³-hybridized carbons (Fsp3) is 0.222. The molecule has 1 amide bonds. The quantitative estimate of drug-likeness (QED) is 0.688. The molecule has 2 N–H and O–H groups in total. The number of carbonyl (C=O) groups excluding carboxylic acids is 2. The number of amides is 1. The van der Waals surface area contributed by atoms with Crippen LogP contribution in [0.2, 0.25) is 0 Å². The molecule has 0 unspecified atom stereocenters. The van der Waals surface area contributed by atoms with E-state index in [4.69, 9.17) is 14.6 Å². The molecule has 2 aromatic rings. The Morgan fingerprint density at radius 2 is 1.86 bits per heavy atom. The van der Waals surface area contributed by atoms with Gasteiger partial charge in [-0.2, -0.15) is 0 Å². The van der Waals surface area contributed by atoms with E-state index >= 15 is 0 Å². The first-order valence-electron chi connectivity index (χ1n) is 7.99. The standard InChI is InChI=1S/C18H19FN2O6S/c1-21(10-12-5-3-4-6-16(12)26-2)17(22)11-27-18(23)14-9-13(28(20,24)25)7-8-15(14)19/h3-9H,10-11H2,1-2H3,(H2,20,24,25). The Hall–Kier alpha value is -2.98. The molecule has 0 atom stereocenters. The van der Waals surface area contributed by atoms with E-state index < -0.39 is 44.8 Å². The van der Waals surface area contributed by atoms with Crippen molar-refractivity contribution < 1.29 is 31.9 Å². The molecule has 0 fully saturated rings. The minimum atomic E-state index is -4.12. The largest absolute Gasteiger partial charge is 0.496 e. The van der Waals surface area contributed by atoms with Gasteiger partial charge in [0.2, 0.25) is 10.0 Å². The first-order valence-corrected chi connectivity index (χ1v) is 9.53. The van der Waals surface area contributed by atoms with E-state index in [1.165, 1.54) is 19.1 Å². The van der Waals surface area contributed by atoms with Crippen molar-refractivity contribution in [1.82, 2.24) is 4.90 Å². The molecule has 10 heteroatoms. The van der Waals surface area contributed by atoms with Gasteiger partial charge < -0.3 is 14.4 Å². The Kier molecular flexibility index (Phi) is 6.71. The van der Waals surface area contributed by atoms with Gasteiger partial charge in [0.1, 0.15) is 11.6 Å². The maximum Gasteiger partial charge on any atom is 0.341 e. The smallest absolute Gasteiger partial charge is 0.341 e. The molecule has 8 nitrogen and oxygen atoms in total. The monoisotopic (exact) mass is 410 g/mol. The van der Waals surface area contributed by atoms with E-state index in [0.29, 0.717) is 5.75 Å². The van der Waals surface area contributed by atoms with Crippen LogP contribution in [-0.2, 0) is 26.1 Å². The molecule has 0 saturated heterocycles. The highest BCUT2D eigenvalue weighted by atomic mass is 32.2. The lowest BCUT2D eigenvalue weighted by Gasteiger charge is -2.18. The van der Waals surface area contributed by atoms with Gasteiger partial charge in [0.25, 0.3) is 5.91 Å². The minimum Gasteiger partial charge on any atom is -0.496 e. The van der Waals surface area contributed by atoms with Crippen LogP contribution in [0, 0.1) is 5.82 Å². The van der Waals surface area contributed by atoms with E-state index in [-0.39, 0.29) is 6.54 Å². The lowest BCUT2D eigenvalue weighted by Crippen LogP contribution is -2.31. The zero-order valence-electron chi connectivity index (χ0n) is 15.2.